The third-order valence-corrected chi connectivity index (χ3v) is 7.25. The van der Waals surface area contributed by atoms with E-state index in [0.717, 1.165) is 30.0 Å². The molecule has 0 radical (unpaired) electrons. The average molecular weight is 499 g/mol. The summed E-state index contributed by atoms with van der Waals surface area (Å²) in [7, 11) is 2.19. The molecular formula is C27H38N4O3S. The lowest BCUT2D eigenvalue weighted by Crippen LogP contribution is -2.20. The summed E-state index contributed by atoms with van der Waals surface area (Å²) in [6.45, 7) is 11.5. The highest BCUT2D eigenvalue weighted by atomic mass is 32.1. The van der Waals surface area contributed by atoms with E-state index >= 15 is 0 Å². The van der Waals surface area contributed by atoms with E-state index in [1.165, 1.54) is 29.8 Å². The standard InChI is InChI=1S/C13H14N2OS.C8H11NO2.C6H13N/c1-9(14-7-16)11-3-5-12(6-4-11)13-10(2)15-8-17-13;1-6(2)7(5-10)8-3-4-9-11-8;1-6-4-3-5-7(6)2/h3-9H,1-2H3,(H,14,16);3-7H,1-2H3;6H,3-5H2,1-2H3. The predicted octanol–water partition coefficient (Wildman–Crippen LogP) is 5.64. The third-order valence-electron chi connectivity index (χ3n) is 6.27. The molecular weight excluding hydrogens is 460 g/mol. The molecule has 0 saturated carbocycles. The minimum atomic E-state index is -0.155. The van der Waals surface area contributed by atoms with Crippen molar-refractivity contribution in [1.29, 1.82) is 0 Å². The SMILES string of the molecule is CC(C)C(C=O)c1ccno1.CC1CCCN1C.Cc1ncsc1-c1ccc(C(C)NC=O)cc1. The van der Waals surface area contributed by atoms with E-state index in [9.17, 15) is 9.59 Å². The Morgan fingerprint density at radius 2 is 1.89 bits per heavy atom. The summed E-state index contributed by atoms with van der Waals surface area (Å²) in [6.07, 6.45) is 5.97. The molecule has 0 aliphatic carbocycles. The molecule has 2 aromatic heterocycles. The zero-order valence-electron chi connectivity index (χ0n) is 21.6. The van der Waals surface area contributed by atoms with Crippen LogP contribution in [0.1, 0.15) is 69.5 Å². The van der Waals surface area contributed by atoms with Gasteiger partial charge in [-0.3, -0.25) is 4.79 Å². The fourth-order valence-corrected chi connectivity index (χ4v) is 4.54. The van der Waals surface area contributed by atoms with E-state index in [-0.39, 0.29) is 17.9 Å². The van der Waals surface area contributed by atoms with E-state index in [1.54, 1.807) is 23.6 Å². The maximum Gasteiger partial charge on any atom is 0.207 e. The minimum Gasteiger partial charge on any atom is -0.361 e. The number of rotatable bonds is 7. The number of aryl methyl sites for hydroxylation is 1. The van der Waals surface area contributed by atoms with Crippen LogP contribution in [-0.2, 0) is 9.59 Å². The van der Waals surface area contributed by atoms with Gasteiger partial charge in [-0.2, -0.15) is 0 Å². The summed E-state index contributed by atoms with van der Waals surface area (Å²) >= 11 is 1.64. The number of nitrogens with zero attached hydrogens (tertiary/aromatic N) is 3. The van der Waals surface area contributed by atoms with Crippen LogP contribution >= 0.6 is 11.3 Å². The molecule has 35 heavy (non-hydrogen) atoms. The highest BCUT2D eigenvalue weighted by Crippen LogP contribution is 2.28. The lowest BCUT2D eigenvalue weighted by atomic mass is 9.95. The Morgan fingerprint density at radius 3 is 2.29 bits per heavy atom. The second-order valence-electron chi connectivity index (χ2n) is 9.19. The van der Waals surface area contributed by atoms with Gasteiger partial charge >= 0.3 is 0 Å². The molecule has 0 bridgehead atoms. The Morgan fingerprint density at radius 1 is 1.17 bits per heavy atom. The average Bonchev–Trinajstić information content (AvgIpc) is 3.60. The van der Waals surface area contributed by atoms with Crippen LogP contribution < -0.4 is 5.32 Å². The number of carbonyl (C=O) groups excluding carboxylic acids is 2. The molecule has 3 atom stereocenters. The number of hydrogen-bond donors (Lipinski definition) is 1. The molecule has 3 unspecified atom stereocenters. The van der Waals surface area contributed by atoms with Crippen molar-refractivity contribution in [3.8, 4) is 10.4 Å². The number of amides is 1. The monoisotopic (exact) mass is 498 g/mol. The van der Waals surface area contributed by atoms with E-state index in [0.29, 0.717) is 5.76 Å². The second-order valence-corrected chi connectivity index (χ2v) is 10.0. The Bertz CT molecular complexity index is 994. The first-order valence-electron chi connectivity index (χ1n) is 12.0. The van der Waals surface area contributed by atoms with Gasteiger partial charge in [0.15, 0.2) is 0 Å². The van der Waals surface area contributed by atoms with Crippen LogP contribution in [0.4, 0.5) is 0 Å². The second kappa shape index (κ2) is 14.5. The van der Waals surface area contributed by atoms with Gasteiger partial charge in [-0.1, -0.05) is 43.3 Å². The van der Waals surface area contributed by atoms with Gasteiger partial charge in [0.25, 0.3) is 0 Å². The van der Waals surface area contributed by atoms with Crippen molar-refractivity contribution in [1.82, 2.24) is 20.4 Å². The topological polar surface area (TPSA) is 88.3 Å². The summed E-state index contributed by atoms with van der Waals surface area (Å²) in [4.78, 5) is 28.8. The molecule has 4 rings (SSSR count). The Kier molecular flexibility index (Phi) is 11.8. The smallest absolute Gasteiger partial charge is 0.207 e. The van der Waals surface area contributed by atoms with Crippen molar-refractivity contribution in [2.24, 2.45) is 5.92 Å². The van der Waals surface area contributed by atoms with Crippen LogP contribution in [0.15, 0.2) is 46.6 Å². The first-order chi connectivity index (χ1) is 16.8. The van der Waals surface area contributed by atoms with Gasteiger partial charge in [-0.15, -0.1) is 11.3 Å². The van der Waals surface area contributed by atoms with Crippen LogP contribution in [0.2, 0.25) is 0 Å². The van der Waals surface area contributed by atoms with Gasteiger partial charge in [-0.05, 0) is 64.3 Å². The maximum atomic E-state index is 10.6. The molecule has 1 amide bonds. The summed E-state index contributed by atoms with van der Waals surface area (Å²) in [5.41, 5.74) is 5.19. The lowest BCUT2D eigenvalue weighted by molar-refractivity contribution is -0.111. The third kappa shape index (κ3) is 8.71. The number of thiazole rings is 1. The molecule has 1 saturated heterocycles. The van der Waals surface area contributed by atoms with Gasteiger partial charge in [0.05, 0.1) is 34.2 Å². The van der Waals surface area contributed by atoms with E-state index in [2.05, 4.69) is 46.5 Å². The fraction of sp³-hybridized carbons (Fsp3) is 0.481. The molecule has 1 aliphatic heterocycles. The summed E-state index contributed by atoms with van der Waals surface area (Å²) < 4.78 is 4.87. The van der Waals surface area contributed by atoms with E-state index < -0.39 is 0 Å². The Hall–Kier alpha value is -2.84. The number of aromatic nitrogens is 2. The van der Waals surface area contributed by atoms with Crippen molar-refractivity contribution in [2.45, 2.75) is 65.5 Å². The highest BCUT2D eigenvalue weighted by molar-refractivity contribution is 7.13. The minimum absolute atomic E-state index is 0.0455. The zero-order chi connectivity index (χ0) is 25.8. The Balaban J connectivity index is 0.000000205. The highest BCUT2D eigenvalue weighted by Gasteiger charge is 2.17. The molecule has 1 aliphatic rings. The first-order valence-corrected chi connectivity index (χ1v) is 12.9. The van der Waals surface area contributed by atoms with Gasteiger partial charge in [0.1, 0.15) is 12.0 Å². The molecule has 1 aromatic carbocycles. The van der Waals surface area contributed by atoms with Crippen LogP contribution in [0.3, 0.4) is 0 Å². The van der Waals surface area contributed by atoms with Crippen molar-refractivity contribution in [3.63, 3.8) is 0 Å². The van der Waals surface area contributed by atoms with Crippen LogP contribution in [0, 0.1) is 12.8 Å². The van der Waals surface area contributed by atoms with Gasteiger partial charge in [0, 0.05) is 12.1 Å². The lowest BCUT2D eigenvalue weighted by Gasteiger charge is -2.12. The van der Waals surface area contributed by atoms with Gasteiger partial charge < -0.3 is 19.5 Å². The predicted molar refractivity (Wildman–Crippen MR) is 141 cm³/mol. The number of carbonyl (C=O) groups is 2. The molecule has 8 heteroatoms. The molecule has 3 heterocycles. The molecule has 190 valence electrons. The van der Waals surface area contributed by atoms with Crippen LogP contribution in [0.25, 0.3) is 10.4 Å². The first kappa shape index (κ1) is 28.4. The van der Waals surface area contributed by atoms with Crippen LogP contribution in [0.5, 0.6) is 0 Å². The molecule has 1 N–H and O–H groups in total. The summed E-state index contributed by atoms with van der Waals surface area (Å²) in [5.74, 6) is 0.757. The van der Waals surface area contributed by atoms with Crippen molar-refractivity contribution < 1.29 is 14.1 Å². The Labute approximate surface area is 212 Å². The van der Waals surface area contributed by atoms with Crippen molar-refractivity contribution in [3.05, 3.63) is 59.1 Å². The number of benzene rings is 1. The summed E-state index contributed by atoms with van der Waals surface area (Å²) in [6, 6.07) is 10.8. The normalized spacial score (nSPS) is 16.9. The number of likely N-dealkylation sites (tertiary alicyclic amines) is 1. The van der Waals surface area contributed by atoms with E-state index in [4.69, 9.17) is 4.52 Å². The fourth-order valence-electron chi connectivity index (χ4n) is 3.73. The molecule has 1 fully saturated rings. The molecule has 0 spiro atoms. The quantitative estimate of drug-likeness (QED) is 0.424. The largest absolute Gasteiger partial charge is 0.361 e. The zero-order valence-corrected chi connectivity index (χ0v) is 22.4. The van der Waals surface area contributed by atoms with E-state index in [1.807, 2.05) is 45.3 Å². The van der Waals surface area contributed by atoms with Gasteiger partial charge in [-0.25, -0.2) is 4.98 Å². The number of aldehydes is 1. The van der Waals surface area contributed by atoms with Crippen molar-refractivity contribution >= 4 is 24.0 Å². The maximum absolute atomic E-state index is 10.6. The molecule has 3 aromatic rings. The number of nitrogens with one attached hydrogen (secondary N) is 1. The van der Waals surface area contributed by atoms with Gasteiger partial charge in [0.2, 0.25) is 6.41 Å². The summed E-state index contributed by atoms with van der Waals surface area (Å²) in [5, 5.41) is 6.28. The van der Waals surface area contributed by atoms with Crippen molar-refractivity contribution in [2.75, 3.05) is 13.6 Å². The molecule has 7 nitrogen and oxygen atoms in total. The van der Waals surface area contributed by atoms with Crippen LogP contribution in [-0.4, -0.2) is 47.4 Å². The number of hydrogen-bond acceptors (Lipinski definition) is 7.